The molecule has 12 nitrogen and oxygen atoms in total. The van der Waals surface area contributed by atoms with Crippen LogP contribution in [0.15, 0.2) is 105 Å². The van der Waals surface area contributed by atoms with Crippen LogP contribution in [0, 0.1) is 5.21 Å². The Morgan fingerprint density at radius 1 is 0.976 bits per heavy atom. The summed E-state index contributed by atoms with van der Waals surface area (Å²) in [7, 11) is -4.20. The average Bonchev–Trinajstić information content (AvgIpc) is 3.37. The van der Waals surface area contributed by atoms with Crippen molar-refractivity contribution in [2.75, 3.05) is 24.2 Å². The van der Waals surface area contributed by atoms with Crippen molar-refractivity contribution < 1.29 is 27.5 Å². The molecule has 1 amide bonds. The quantitative estimate of drug-likeness (QED) is 0.0943. The summed E-state index contributed by atoms with van der Waals surface area (Å²) in [4.78, 5) is 21.3. The Hall–Kier alpha value is -4.69. The number of rotatable bonds is 12. The van der Waals surface area contributed by atoms with Crippen LogP contribution in [-0.4, -0.2) is 48.4 Å². The van der Waals surface area contributed by atoms with Crippen LogP contribution in [0.1, 0.15) is 6.42 Å². The largest absolute Gasteiger partial charge is 0.454 e. The molecule has 0 radical (unpaired) electrons. The number of benzene rings is 3. The highest BCUT2D eigenvalue weighted by molar-refractivity contribution is 7.99. The molecule has 0 saturated carbocycles. The number of amides is 1. The Morgan fingerprint density at radius 3 is 2.46 bits per heavy atom. The number of hydrogen-bond acceptors (Lipinski definition) is 11. The molecule has 14 heteroatoms. The summed E-state index contributed by atoms with van der Waals surface area (Å²) in [6.45, 7) is 0.231. The Labute approximate surface area is 239 Å². The number of fused-ring (bicyclic) bond motifs is 1. The van der Waals surface area contributed by atoms with Crippen LogP contribution in [0.2, 0.25) is 0 Å². The summed E-state index contributed by atoms with van der Waals surface area (Å²) in [6.07, 6.45) is 0.324. The lowest BCUT2D eigenvalue weighted by Crippen LogP contribution is -2.31. The molecule has 0 aliphatic rings. The number of nitrogens with one attached hydrogen (secondary N) is 2. The molecule has 0 spiro atoms. The second-order valence-corrected chi connectivity index (χ2v) is 11.4. The third-order valence-corrected chi connectivity index (χ3v) is 8.26. The minimum absolute atomic E-state index is 0.0143. The number of carbonyl (C=O) groups excluding carboxylic acids is 1. The van der Waals surface area contributed by atoms with Gasteiger partial charge in [-0.3, -0.25) is 9.42 Å². The highest BCUT2D eigenvalue weighted by atomic mass is 32.2. The van der Waals surface area contributed by atoms with E-state index in [9.17, 15) is 18.4 Å². The molecule has 0 atom stereocenters. The average molecular weight is 593 g/mol. The monoisotopic (exact) mass is 592 g/mol. The van der Waals surface area contributed by atoms with Crippen LogP contribution >= 0.6 is 11.8 Å². The predicted octanol–water partition coefficient (Wildman–Crippen LogP) is 3.51. The lowest BCUT2D eigenvalue weighted by Gasteiger charge is -2.11. The van der Waals surface area contributed by atoms with Crippen LogP contribution in [0.5, 0.6) is 5.88 Å². The van der Waals surface area contributed by atoms with Gasteiger partial charge < -0.3 is 20.6 Å². The molecule has 2 N–H and O–H groups in total. The summed E-state index contributed by atoms with van der Waals surface area (Å²) in [5.74, 6) is 0.0421. The van der Waals surface area contributed by atoms with Crippen molar-refractivity contribution in [3.63, 3.8) is 0 Å². The third kappa shape index (κ3) is 6.73. The van der Waals surface area contributed by atoms with E-state index in [0.717, 1.165) is 16.6 Å². The van der Waals surface area contributed by atoms with Gasteiger partial charge in [-0.05, 0) is 47.7 Å². The SMILES string of the molecule is O=C(CSc1nc(Nc2ccccc2)c2ccccc2n1)NCCCOc1no[n+]([O-])c1S(=O)(=O)c1ccccc1. The minimum Gasteiger partial charge on any atom is -0.454 e. The lowest BCUT2D eigenvalue weighted by molar-refractivity contribution is -0.832. The summed E-state index contributed by atoms with van der Waals surface area (Å²) in [5.41, 5.74) is 1.63. The summed E-state index contributed by atoms with van der Waals surface area (Å²) in [6, 6.07) is 24.7. The first kappa shape index (κ1) is 27.9. The van der Waals surface area contributed by atoms with E-state index < -0.39 is 20.7 Å². The fourth-order valence-electron chi connectivity index (χ4n) is 3.76. The highest BCUT2D eigenvalue weighted by Crippen LogP contribution is 2.27. The molecule has 2 aromatic heterocycles. The van der Waals surface area contributed by atoms with Crippen LogP contribution in [0.4, 0.5) is 11.5 Å². The molecule has 210 valence electrons. The zero-order valence-corrected chi connectivity index (χ0v) is 23.1. The van der Waals surface area contributed by atoms with Gasteiger partial charge in [0.25, 0.3) is 9.84 Å². The molecule has 0 bridgehead atoms. The lowest BCUT2D eigenvalue weighted by atomic mass is 10.2. The molecule has 5 aromatic rings. The first-order valence-electron chi connectivity index (χ1n) is 12.4. The number of carbonyl (C=O) groups is 1. The number of aromatic nitrogens is 4. The molecule has 0 aliphatic carbocycles. The zero-order valence-electron chi connectivity index (χ0n) is 21.5. The van der Waals surface area contributed by atoms with Gasteiger partial charge in [0.2, 0.25) is 5.91 Å². The van der Waals surface area contributed by atoms with Crippen molar-refractivity contribution in [1.29, 1.82) is 0 Å². The van der Waals surface area contributed by atoms with E-state index in [1.165, 1.54) is 36.0 Å². The maximum Gasteiger partial charge on any atom is 0.414 e. The van der Waals surface area contributed by atoms with Crippen molar-refractivity contribution in [3.05, 3.63) is 90.1 Å². The third-order valence-electron chi connectivity index (χ3n) is 5.69. The Morgan fingerprint density at radius 2 is 1.68 bits per heavy atom. The van der Waals surface area contributed by atoms with Crippen molar-refractivity contribution in [2.45, 2.75) is 21.5 Å². The van der Waals surface area contributed by atoms with Crippen molar-refractivity contribution >= 4 is 49.9 Å². The fraction of sp³-hybridized carbons (Fsp3) is 0.148. The second-order valence-electron chi connectivity index (χ2n) is 8.56. The zero-order chi connectivity index (χ0) is 28.7. The number of hydrogen-bond donors (Lipinski definition) is 2. The van der Waals surface area contributed by atoms with Gasteiger partial charge in [-0.25, -0.2) is 18.4 Å². The van der Waals surface area contributed by atoms with Gasteiger partial charge in [0, 0.05) is 17.6 Å². The molecule has 0 aliphatic heterocycles. The van der Waals surface area contributed by atoms with Gasteiger partial charge in [0.05, 0.1) is 27.9 Å². The van der Waals surface area contributed by atoms with Crippen molar-refractivity contribution in [2.24, 2.45) is 0 Å². The normalized spacial score (nSPS) is 11.3. The second kappa shape index (κ2) is 12.7. The van der Waals surface area contributed by atoms with Crippen LogP contribution in [0.3, 0.4) is 0 Å². The van der Waals surface area contributed by atoms with Gasteiger partial charge in [0.15, 0.2) is 5.16 Å². The standard InChI is InChI=1S/C27H24N6O6S2/c34-23(18-40-27-30-22-15-8-7-14-21(22)24(31-27)29-19-10-3-1-4-11-19)28-16-9-17-38-25-26(33(35)39-32-25)41(36,37)20-12-5-2-6-13-20/h1-8,10-15H,9,16-18H2,(H,28,34)(H,29,30,31). The Balaban J connectivity index is 1.13. The molecule has 0 unspecified atom stereocenters. The van der Waals surface area contributed by atoms with E-state index in [2.05, 4.69) is 30.4 Å². The first-order chi connectivity index (χ1) is 19.9. The number of thioether (sulfide) groups is 1. The van der Waals surface area contributed by atoms with E-state index >= 15 is 0 Å². The predicted molar refractivity (Wildman–Crippen MR) is 150 cm³/mol. The summed E-state index contributed by atoms with van der Waals surface area (Å²) >= 11 is 1.20. The highest BCUT2D eigenvalue weighted by Gasteiger charge is 2.35. The fourth-order valence-corrected chi connectivity index (χ4v) is 5.74. The molecule has 2 heterocycles. The maximum absolute atomic E-state index is 12.8. The van der Waals surface area contributed by atoms with E-state index in [0.29, 0.717) is 17.4 Å². The van der Waals surface area contributed by atoms with Gasteiger partial charge in [0.1, 0.15) is 5.82 Å². The molecule has 41 heavy (non-hydrogen) atoms. The molecule has 0 saturated heterocycles. The Bertz CT molecular complexity index is 1750. The number of anilines is 2. The first-order valence-corrected chi connectivity index (χ1v) is 14.9. The van der Waals surface area contributed by atoms with Crippen molar-refractivity contribution in [1.82, 2.24) is 20.4 Å². The van der Waals surface area contributed by atoms with Crippen LogP contribution in [-0.2, 0) is 14.6 Å². The molecular weight excluding hydrogens is 568 g/mol. The minimum atomic E-state index is -4.20. The van der Waals surface area contributed by atoms with Crippen LogP contribution < -0.4 is 20.3 Å². The maximum atomic E-state index is 12.8. The smallest absolute Gasteiger partial charge is 0.414 e. The number of sulfone groups is 1. The van der Waals surface area contributed by atoms with Gasteiger partial charge >= 0.3 is 10.9 Å². The molecule has 0 fully saturated rings. The summed E-state index contributed by atoms with van der Waals surface area (Å²) < 4.78 is 35.5. The molecule has 5 rings (SSSR count). The Kier molecular flexibility index (Phi) is 8.60. The van der Waals surface area contributed by atoms with Gasteiger partial charge in [-0.1, -0.05) is 60.3 Å². The number of para-hydroxylation sites is 2. The van der Waals surface area contributed by atoms with E-state index in [1.54, 1.807) is 6.07 Å². The van der Waals surface area contributed by atoms with E-state index in [1.807, 2.05) is 54.6 Å². The van der Waals surface area contributed by atoms with Crippen LogP contribution in [0.25, 0.3) is 10.9 Å². The topological polar surface area (TPSA) is 163 Å². The number of ether oxygens (including phenoxy) is 1. The van der Waals surface area contributed by atoms with Crippen molar-refractivity contribution in [3.8, 4) is 5.88 Å². The van der Waals surface area contributed by atoms with E-state index in [-0.39, 0.29) is 34.6 Å². The summed E-state index contributed by atoms with van der Waals surface area (Å²) in [5, 5.41) is 22.0. The van der Waals surface area contributed by atoms with E-state index in [4.69, 9.17) is 4.74 Å². The van der Waals surface area contributed by atoms with Gasteiger partial charge in [-0.2, -0.15) is 0 Å². The van der Waals surface area contributed by atoms with Gasteiger partial charge in [-0.15, -0.1) is 0 Å². The molecular formula is C27H24N6O6S2. The molecule has 3 aromatic carbocycles. The number of nitrogens with zero attached hydrogens (tertiary/aromatic N) is 4.